The fourth-order valence-electron chi connectivity index (χ4n) is 2.04. The molecule has 0 atom stereocenters. The zero-order valence-corrected chi connectivity index (χ0v) is 14.8. The van der Waals surface area contributed by atoms with Crippen molar-refractivity contribution in [1.82, 2.24) is 14.5 Å². The second-order valence-corrected chi connectivity index (χ2v) is 6.95. The summed E-state index contributed by atoms with van der Waals surface area (Å²) in [6.45, 7) is 1.33. The lowest BCUT2D eigenvalue weighted by Crippen LogP contribution is -2.24. The molecule has 1 N–H and O–H groups in total. The van der Waals surface area contributed by atoms with Crippen LogP contribution in [0.1, 0.15) is 11.4 Å². The molecule has 0 saturated heterocycles. The molecule has 0 fully saturated rings. The summed E-state index contributed by atoms with van der Waals surface area (Å²) in [4.78, 5) is 10.7. The molecular formula is C15H18FN3O5S. The lowest BCUT2D eigenvalue weighted by atomic mass is 10.3. The summed E-state index contributed by atoms with van der Waals surface area (Å²) in [7, 11) is -1.05. The molecule has 0 aliphatic carbocycles. The minimum Gasteiger partial charge on any atom is -0.479 e. The van der Waals surface area contributed by atoms with Gasteiger partial charge in [0.1, 0.15) is 0 Å². The van der Waals surface area contributed by atoms with Crippen LogP contribution in [0.2, 0.25) is 0 Å². The van der Waals surface area contributed by atoms with E-state index < -0.39 is 28.4 Å². The Morgan fingerprint density at radius 2 is 2.08 bits per heavy atom. The van der Waals surface area contributed by atoms with Crippen molar-refractivity contribution in [1.29, 1.82) is 0 Å². The molecule has 25 heavy (non-hydrogen) atoms. The van der Waals surface area contributed by atoms with Gasteiger partial charge in [-0.05, 0) is 31.2 Å². The minimum atomic E-state index is -3.92. The van der Waals surface area contributed by atoms with E-state index in [1.54, 1.807) is 24.7 Å². The Bertz CT molecular complexity index is 879. The number of sulfonamides is 1. The minimum absolute atomic E-state index is 0.0158. The third-order valence-electron chi connectivity index (χ3n) is 3.33. The van der Waals surface area contributed by atoms with Crippen LogP contribution in [0.4, 0.5) is 4.39 Å². The van der Waals surface area contributed by atoms with Crippen molar-refractivity contribution < 1.29 is 27.1 Å². The van der Waals surface area contributed by atoms with E-state index in [1.807, 2.05) is 0 Å². The molecule has 2 aromatic rings. The first-order valence-corrected chi connectivity index (χ1v) is 8.69. The van der Waals surface area contributed by atoms with E-state index in [4.69, 9.17) is 4.74 Å². The molecule has 0 amide bonds. The summed E-state index contributed by atoms with van der Waals surface area (Å²) in [6.07, 6.45) is 0. The molecule has 0 saturated carbocycles. The van der Waals surface area contributed by atoms with Gasteiger partial charge in [0, 0.05) is 7.05 Å². The largest absolute Gasteiger partial charge is 0.479 e. The van der Waals surface area contributed by atoms with Crippen LogP contribution in [0, 0.1) is 12.7 Å². The first-order chi connectivity index (χ1) is 11.7. The Labute approximate surface area is 144 Å². The van der Waals surface area contributed by atoms with Crippen LogP contribution in [-0.2, 0) is 33.1 Å². The van der Waals surface area contributed by atoms with Gasteiger partial charge < -0.3 is 9.47 Å². The van der Waals surface area contributed by atoms with Gasteiger partial charge in [0.05, 0.1) is 29.9 Å². The van der Waals surface area contributed by atoms with Gasteiger partial charge in [-0.3, -0.25) is 4.68 Å². The summed E-state index contributed by atoms with van der Waals surface area (Å²) in [5.41, 5.74) is 1.43. The SMILES string of the molecule is COC(=O)COc1ccc(S(=O)(=O)NCc2cc(C)nn2C)cc1F. The number of halogens is 1. The second kappa shape index (κ2) is 7.62. The van der Waals surface area contributed by atoms with E-state index in [1.165, 1.54) is 13.2 Å². The van der Waals surface area contributed by atoms with Crippen molar-refractivity contribution in [2.75, 3.05) is 13.7 Å². The van der Waals surface area contributed by atoms with Crippen LogP contribution >= 0.6 is 0 Å². The van der Waals surface area contributed by atoms with E-state index in [-0.39, 0.29) is 17.2 Å². The van der Waals surface area contributed by atoms with Gasteiger partial charge in [0.25, 0.3) is 0 Å². The number of methoxy groups -OCH3 is 1. The highest BCUT2D eigenvalue weighted by molar-refractivity contribution is 7.89. The van der Waals surface area contributed by atoms with Gasteiger partial charge in [0.2, 0.25) is 10.0 Å². The normalized spacial score (nSPS) is 11.4. The number of ether oxygens (including phenoxy) is 2. The van der Waals surface area contributed by atoms with E-state index in [9.17, 15) is 17.6 Å². The monoisotopic (exact) mass is 371 g/mol. The second-order valence-electron chi connectivity index (χ2n) is 5.18. The van der Waals surface area contributed by atoms with Gasteiger partial charge in [-0.2, -0.15) is 5.10 Å². The Kier molecular flexibility index (Phi) is 5.75. The number of hydrogen-bond acceptors (Lipinski definition) is 6. The third kappa shape index (κ3) is 4.77. The topological polar surface area (TPSA) is 99.5 Å². The number of carbonyl (C=O) groups excluding carboxylic acids is 1. The van der Waals surface area contributed by atoms with Crippen molar-refractivity contribution in [3.8, 4) is 5.75 Å². The molecule has 0 unspecified atom stereocenters. The van der Waals surface area contributed by atoms with E-state index >= 15 is 0 Å². The molecule has 0 aliphatic heterocycles. The highest BCUT2D eigenvalue weighted by Gasteiger charge is 2.18. The number of carbonyl (C=O) groups is 1. The number of nitrogens with one attached hydrogen (secondary N) is 1. The van der Waals surface area contributed by atoms with Gasteiger partial charge in [0.15, 0.2) is 18.2 Å². The summed E-state index contributed by atoms with van der Waals surface area (Å²) < 4.78 is 51.8. The number of esters is 1. The standard InChI is InChI=1S/C15H18FN3O5S/c1-10-6-11(19(2)18-10)8-17-25(21,22)12-4-5-14(13(16)7-12)24-9-15(20)23-3/h4-7,17H,8-9H2,1-3H3. The Balaban J connectivity index is 2.10. The van der Waals surface area contributed by atoms with E-state index in [0.29, 0.717) is 5.69 Å². The Morgan fingerprint density at radius 1 is 1.36 bits per heavy atom. The number of aryl methyl sites for hydroxylation is 2. The van der Waals surface area contributed by atoms with Crippen molar-refractivity contribution >= 4 is 16.0 Å². The highest BCUT2D eigenvalue weighted by atomic mass is 32.2. The van der Waals surface area contributed by atoms with Gasteiger partial charge in [-0.15, -0.1) is 0 Å². The molecule has 1 aromatic carbocycles. The predicted molar refractivity (Wildman–Crippen MR) is 85.9 cm³/mol. The molecule has 1 aromatic heterocycles. The summed E-state index contributed by atoms with van der Waals surface area (Å²) in [5, 5.41) is 4.12. The maximum atomic E-state index is 14.0. The van der Waals surface area contributed by atoms with Crippen LogP contribution < -0.4 is 9.46 Å². The first-order valence-electron chi connectivity index (χ1n) is 7.21. The number of aromatic nitrogens is 2. The average molecular weight is 371 g/mol. The number of benzene rings is 1. The molecule has 1 heterocycles. The molecule has 0 radical (unpaired) electrons. The van der Waals surface area contributed by atoms with Crippen LogP contribution in [0.3, 0.4) is 0 Å². The highest BCUT2D eigenvalue weighted by Crippen LogP contribution is 2.21. The third-order valence-corrected chi connectivity index (χ3v) is 4.73. The quantitative estimate of drug-likeness (QED) is 0.726. The molecular weight excluding hydrogens is 353 g/mol. The van der Waals surface area contributed by atoms with E-state index in [0.717, 1.165) is 17.8 Å². The molecule has 0 bridgehead atoms. The predicted octanol–water partition coefficient (Wildman–Crippen LogP) is 0.898. The summed E-state index contributed by atoms with van der Waals surface area (Å²) in [6, 6.07) is 4.89. The fraction of sp³-hybridized carbons (Fsp3) is 0.333. The van der Waals surface area contributed by atoms with Crippen molar-refractivity contribution in [2.24, 2.45) is 7.05 Å². The Morgan fingerprint density at radius 3 is 2.64 bits per heavy atom. The Hall–Kier alpha value is -2.46. The van der Waals surface area contributed by atoms with Crippen molar-refractivity contribution in [3.05, 3.63) is 41.5 Å². The van der Waals surface area contributed by atoms with Gasteiger partial charge in [-0.1, -0.05) is 0 Å². The number of rotatable bonds is 7. The molecule has 136 valence electrons. The lowest BCUT2D eigenvalue weighted by Gasteiger charge is -2.09. The lowest BCUT2D eigenvalue weighted by molar-refractivity contribution is -0.142. The molecule has 0 spiro atoms. The zero-order chi connectivity index (χ0) is 18.6. The fourth-order valence-corrected chi connectivity index (χ4v) is 3.05. The molecule has 2 rings (SSSR count). The van der Waals surface area contributed by atoms with E-state index in [2.05, 4.69) is 14.6 Å². The average Bonchev–Trinajstić information content (AvgIpc) is 2.89. The van der Waals surface area contributed by atoms with Crippen LogP contribution in [0.25, 0.3) is 0 Å². The number of hydrogen-bond donors (Lipinski definition) is 1. The van der Waals surface area contributed by atoms with Crippen molar-refractivity contribution in [3.63, 3.8) is 0 Å². The van der Waals surface area contributed by atoms with Gasteiger partial charge in [-0.25, -0.2) is 22.3 Å². The maximum Gasteiger partial charge on any atom is 0.343 e. The maximum absolute atomic E-state index is 14.0. The molecule has 0 aliphatic rings. The van der Waals surface area contributed by atoms with Crippen LogP contribution in [0.15, 0.2) is 29.2 Å². The molecule has 10 heteroatoms. The first kappa shape index (κ1) is 18.9. The summed E-state index contributed by atoms with van der Waals surface area (Å²) in [5.74, 6) is -1.82. The summed E-state index contributed by atoms with van der Waals surface area (Å²) >= 11 is 0. The van der Waals surface area contributed by atoms with Crippen LogP contribution in [-0.4, -0.2) is 37.9 Å². The van der Waals surface area contributed by atoms with Crippen molar-refractivity contribution in [2.45, 2.75) is 18.4 Å². The molecule has 8 nitrogen and oxygen atoms in total. The van der Waals surface area contributed by atoms with Crippen LogP contribution in [0.5, 0.6) is 5.75 Å². The smallest absolute Gasteiger partial charge is 0.343 e. The zero-order valence-electron chi connectivity index (χ0n) is 13.9. The van der Waals surface area contributed by atoms with Gasteiger partial charge >= 0.3 is 5.97 Å². The number of nitrogens with zero attached hydrogens (tertiary/aromatic N) is 2.